The van der Waals surface area contributed by atoms with Crippen LogP contribution in [0.4, 0.5) is 4.39 Å². The van der Waals surface area contributed by atoms with Gasteiger partial charge in [-0.3, -0.25) is 34.2 Å². The number of amides is 5. The molecule has 3 aromatic rings. The van der Waals surface area contributed by atoms with Crippen molar-refractivity contribution in [1.29, 1.82) is 0 Å². The summed E-state index contributed by atoms with van der Waals surface area (Å²) in [6.07, 6.45) is 5.33. The normalized spacial score (nSPS) is 15.5. The zero-order chi connectivity index (χ0) is 36.2. The van der Waals surface area contributed by atoms with Crippen molar-refractivity contribution < 1.29 is 33.6 Å². The number of carbonyl (C=O) groups excluding carboxylic acids is 5. The maximum absolute atomic E-state index is 13.4. The average molecular weight is 693 g/mol. The van der Waals surface area contributed by atoms with Crippen LogP contribution < -0.4 is 38.6 Å². The molecular weight excluding hydrogens is 651 g/mol. The Morgan fingerprint density at radius 2 is 1.74 bits per heavy atom. The van der Waals surface area contributed by atoms with E-state index >= 15 is 0 Å². The van der Waals surface area contributed by atoms with Gasteiger partial charge in [-0.25, -0.2) is 9.87 Å². The lowest BCUT2D eigenvalue weighted by Crippen LogP contribution is -2.56. The number of para-hydroxylation sites is 1. The van der Waals surface area contributed by atoms with Crippen molar-refractivity contribution in [2.24, 2.45) is 22.2 Å². The summed E-state index contributed by atoms with van der Waals surface area (Å²) in [7, 11) is 0. The minimum Gasteiger partial charge on any atom is -0.370 e. The number of guanidine groups is 1. The van der Waals surface area contributed by atoms with E-state index in [1.165, 1.54) is 35.2 Å². The second-order valence-corrected chi connectivity index (χ2v) is 11.7. The van der Waals surface area contributed by atoms with E-state index < -0.39 is 66.1 Å². The van der Waals surface area contributed by atoms with E-state index in [2.05, 4.69) is 25.9 Å². The summed E-state index contributed by atoms with van der Waals surface area (Å²) >= 11 is 0. The number of aromatic amines is 1. The van der Waals surface area contributed by atoms with Gasteiger partial charge in [0.1, 0.15) is 23.9 Å². The Labute approximate surface area is 286 Å². The van der Waals surface area contributed by atoms with Crippen LogP contribution in [0.5, 0.6) is 0 Å². The van der Waals surface area contributed by atoms with Crippen molar-refractivity contribution in [3.8, 4) is 0 Å². The monoisotopic (exact) mass is 692 g/mol. The van der Waals surface area contributed by atoms with E-state index in [0.717, 1.165) is 10.9 Å². The number of nitrogens with one attached hydrogen (secondary N) is 5. The molecule has 0 radical (unpaired) electrons. The first-order valence-electron chi connectivity index (χ1n) is 15.9. The van der Waals surface area contributed by atoms with Crippen LogP contribution >= 0.6 is 0 Å². The minimum atomic E-state index is -1.18. The number of benzene rings is 2. The molecule has 0 unspecified atom stereocenters. The quantitative estimate of drug-likeness (QED) is 0.0218. The predicted octanol–water partition coefficient (Wildman–Crippen LogP) is -1.17. The zero-order valence-corrected chi connectivity index (χ0v) is 27.1. The number of fused-ring (bicyclic) bond motifs is 1. The van der Waals surface area contributed by atoms with Gasteiger partial charge in [-0.1, -0.05) is 42.5 Å². The molecule has 4 atom stereocenters. The number of halogens is 1. The summed E-state index contributed by atoms with van der Waals surface area (Å²) in [5.41, 5.74) is 20.7. The van der Waals surface area contributed by atoms with Gasteiger partial charge in [-0.05, 0) is 48.6 Å². The first-order valence-corrected chi connectivity index (χ1v) is 15.9. The van der Waals surface area contributed by atoms with E-state index in [9.17, 15) is 33.6 Å². The van der Waals surface area contributed by atoms with Crippen LogP contribution in [-0.4, -0.2) is 94.4 Å². The summed E-state index contributed by atoms with van der Waals surface area (Å²) < 4.78 is 13.3. The van der Waals surface area contributed by atoms with E-state index in [0.29, 0.717) is 11.1 Å². The van der Waals surface area contributed by atoms with Crippen molar-refractivity contribution in [2.75, 3.05) is 19.6 Å². The van der Waals surface area contributed by atoms with Crippen molar-refractivity contribution in [3.05, 3.63) is 83.8 Å². The van der Waals surface area contributed by atoms with Gasteiger partial charge in [0.05, 0.1) is 12.6 Å². The Hall–Kier alpha value is -5.81. The molecule has 1 aliphatic heterocycles. The van der Waals surface area contributed by atoms with Gasteiger partial charge < -0.3 is 43.0 Å². The van der Waals surface area contributed by atoms with Crippen LogP contribution in [0.15, 0.2) is 71.9 Å². The number of nitrogens with two attached hydrogens (primary N) is 3. The molecule has 1 aromatic heterocycles. The summed E-state index contributed by atoms with van der Waals surface area (Å²) in [4.78, 5) is 73.5. The Morgan fingerprint density at radius 3 is 2.46 bits per heavy atom. The average Bonchev–Trinajstić information content (AvgIpc) is 3.76. The first-order chi connectivity index (χ1) is 24.0. The molecule has 0 saturated carbocycles. The molecule has 0 saturated heterocycles. The van der Waals surface area contributed by atoms with Crippen LogP contribution in [0.3, 0.4) is 0 Å². The van der Waals surface area contributed by atoms with Gasteiger partial charge >= 0.3 is 0 Å². The van der Waals surface area contributed by atoms with E-state index in [1.54, 1.807) is 17.8 Å². The molecule has 5 amide bonds. The summed E-state index contributed by atoms with van der Waals surface area (Å²) in [6.45, 7) is -0.300. The van der Waals surface area contributed by atoms with Crippen LogP contribution in [0.2, 0.25) is 0 Å². The standard InChI is InChI=1S/C33H41FN10O6/c34-21-11-9-19(10-12-21)15-23(35)32(49)44-14-4-8-27(44)31(48)42-25(7-3-13-38-33(36)37)29(46)40-18-28(45)41-26(30(47)43-50)16-20-17-39-24-6-2-1-5-22(20)24/h1-2,4-6,8-12,17,23,25-27,39,50H,3,7,13-16,18,35H2,(H,40,46)(H,41,45)(H,42,48)(H,43,47)(H4,36,37,38)/t23-,25-,26-,27-/m0/s1. The number of hydroxylamine groups is 1. The molecule has 266 valence electrons. The predicted molar refractivity (Wildman–Crippen MR) is 181 cm³/mol. The molecule has 2 aromatic carbocycles. The van der Waals surface area contributed by atoms with Gasteiger partial charge in [0.25, 0.3) is 5.91 Å². The lowest BCUT2D eigenvalue weighted by molar-refractivity contribution is -0.139. The molecular formula is C33H41FN10O6. The number of H-pyrrole nitrogens is 1. The molecule has 0 fully saturated rings. The number of carbonyl (C=O) groups is 5. The fourth-order valence-corrected chi connectivity index (χ4v) is 5.52. The maximum Gasteiger partial charge on any atom is 0.266 e. The number of aromatic nitrogens is 1. The molecule has 0 spiro atoms. The Kier molecular flexibility index (Phi) is 13.0. The van der Waals surface area contributed by atoms with Crippen molar-refractivity contribution >= 4 is 46.4 Å². The number of hydrogen-bond donors (Lipinski definition) is 9. The minimum absolute atomic E-state index is 0.0389. The van der Waals surface area contributed by atoms with Gasteiger partial charge in [0, 0.05) is 36.6 Å². The first kappa shape index (κ1) is 37.0. The number of aliphatic imine (C=N–C) groups is 1. The third kappa shape index (κ3) is 10.1. The highest BCUT2D eigenvalue weighted by atomic mass is 19.1. The second kappa shape index (κ2) is 17.5. The molecule has 0 bridgehead atoms. The molecule has 16 nitrogen and oxygen atoms in total. The highest BCUT2D eigenvalue weighted by Gasteiger charge is 2.35. The molecule has 17 heteroatoms. The van der Waals surface area contributed by atoms with Gasteiger partial charge in [0.2, 0.25) is 23.6 Å². The summed E-state index contributed by atoms with van der Waals surface area (Å²) in [6, 6.07) is 8.51. The number of rotatable bonds is 16. The van der Waals surface area contributed by atoms with Crippen molar-refractivity contribution in [2.45, 2.75) is 49.9 Å². The van der Waals surface area contributed by atoms with Crippen LogP contribution in [-0.2, 0) is 36.8 Å². The summed E-state index contributed by atoms with van der Waals surface area (Å²) in [5.74, 6) is -4.06. The highest BCUT2D eigenvalue weighted by molar-refractivity contribution is 5.96. The topological polar surface area (TPSA) is 263 Å². The van der Waals surface area contributed by atoms with Crippen LogP contribution in [0.25, 0.3) is 10.9 Å². The Morgan fingerprint density at radius 1 is 1.00 bits per heavy atom. The molecule has 0 aliphatic carbocycles. The SMILES string of the molecule is NC(N)=NCCC[C@H](NC(=O)[C@@H]1C=CCN1C(=O)[C@@H](N)Cc1ccc(F)cc1)C(=O)NCC(=O)N[C@@H](Cc1c[nH]c2ccccc12)C(=O)NO. The van der Waals surface area contributed by atoms with Crippen LogP contribution in [0, 0.1) is 5.82 Å². The third-order valence-corrected chi connectivity index (χ3v) is 8.06. The van der Waals surface area contributed by atoms with Crippen molar-refractivity contribution in [3.63, 3.8) is 0 Å². The highest BCUT2D eigenvalue weighted by Crippen LogP contribution is 2.19. The number of nitrogens with zero attached hydrogens (tertiary/aromatic N) is 2. The molecule has 2 heterocycles. The third-order valence-electron chi connectivity index (χ3n) is 8.06. The molecule has 4 rings (SSSR count). The molecule has 12 N–H and O–H groups in total. The van der Waals surface area contributed by atoms with E-state index in [4.69, 9.17) is 17.2 Å². The fourth-order valence-electron chi connectivity index (χ4n) is 5.52. The smallest absolute Gasteiger partial charge is 0.266 e. The zero-order valence-electron chi connectivity index (χ0n) is 27.1. The fraction of sp³-hybridized carbons (Fsp3) is 0.333. The largest absolute Gasteiger partial charge is 0.370 e. The van der Waals surface area contributed by atoms with Gasteiger partial charge in [-0.15, -0.1) is 0 Å². The lowest BCUT2D eigenvalue weighted by atomic mass is 10.0. The number of hydrogen-bond acceptors (Lipinski definition) is 8. The maximum atomic E-state index is 13.4. The molecule has 50 heavy (non-hydrogen) atoms. The molecule has 1 aliphatic rings. The summed E-state index contributed by atoms with van der Waals surface area (Å²) in [5, 5.41) is 17.7. The van der Waals surface area contributed by atoms with Crippen molar-refractivity contribution in [1.82, 2.24) is 31.3 Å². The van der Waals surface area contributed by atoms with E-state index in [1.807, 2.05) is 24.3 Å². The second-order valence-electron chi connectivity index (χ2n) is 11.7. The Balaban J connectivity index is 1.38. The van der Waals surface area contributed by atoms with E-state index in [-0.39, 0.29) is 44.7 Å². The Bertz CT molecular complexity index is 1740. The van der Waals surface area contributed by atoms with Gasteiger partial charge in [-0.2, -0.15) is 0 Å². The van der Waals surface area contributed by atoms with Gasteiger partial charge in [0.15, 0.2) is 5.96 Å². The lowest BCUT2D eigenvalue weighted by Gasteiger charge is -2.28. The van der Waals surface area contributed by atoms with Crippen LogP contribution in [0.1, 0.15) is 24.0 Å².